The largest absolute Gasteiger partial charge is 0.495 e. The first-order valence-corrected chi connectivity index (χ1v) is 16.6. The predicted octanol–water partition coefficient (Wildman–Crippen LogP) is 9.51. The normalized spacial score (nSPS) is 23.4. The van der Waals surface area contributed by atoms with E-state index >= 15 is 0 Å². The molecule has 0 amide bonds. The molecule has 0 saturated carbocycles. The molecule has 8 heteroatoms. The van der Waals surface area contributed by atoms with Gasteiger partial charge in [0.1, 0.15) is 0 Å². The van der Waals surface area contributed by atoms with Crippen LogP contribution in [0.4, 0.5) is 0 Å². The van der Waals surface area contributed by atoms with Crippen LogP contribution in [0.3, 0.4) is 0 Å². The van der Waals surface area contributed by atoms with Crippen molar-refractivity contribution in [1.82, 2.24) is 0 Å². The van der Waals surface area contributed by atoms with Crippen molar-refractivity contribution in [2.24, 2.45) is 0 Å². The Morgan fingerprint density at radius 3 is 1.44 bits per heavy atom. The van der Waals surface area contributed by atoms with Crippen molar-refractivity contribution in [2.45, 2.75) is 117 Å². The minimum atomic E-state index is -0.600. The molecular formula is C40H54B2CoO5-. The van der Waals surface area contributed by atoms with E-state index in [4.69, 9.17) is 23.4 Å². The van der Waals surface area contributed by atoms with Gasteiger partial charge in [0.25, 0.3) is 0 Å². The summed E-state index contributed by atoms with van der Waals surface area (Å²) in [5.74, 6) is 0. The number of ether oxygens (including phenoxy) is 1. The van der Waals surface area contributed by atoms with E-state index in [1.165, 1.54) is 0 Å². The van der Waals surface area contributed by atoms with Crippen molar-refractivity contribution in [1.29, 1.82) is 0 Å². The molecule has 2 heterocycles. The molecular weight excluding hydrogens is 641 g/mol. The molecule has 2 fully saturated rings. The molecule has 2 aromatic rings. The smallest absolute Gasteiger partial charge is 0.399 e. The zero-order valence-electron chi connectivity index (χ0n) is 31.0. The van der Waals surface area contributed by atoms with Gasteiger partial charge in [-0.05, 0) is 109 Å². The first kappa shape index (κ1) is 40.3. The molecule has 6 rings (SSSR count). The van der Waals surface area contributed by atoms with E-state index in [-0.39, 0.29) is 30.3 Å². The fourth-order valence-corrected chi connectivity index (χ4v) is 6.03. The van der Waals surface area contributed by atoms with Gasteiger partial charge in [0.15, 0.2) is 0 Å². The molecule has 48 heavy (non-hydrogen) atoms. The first-order valence-electron chi connectivity index (χ1n) is 16.6. The Labute approximate surface area is 302 Å². The maximum atomic E-state index is 6.90. The summed E-state index contributed by atoms with van der Waals surface area (Å²) in [4.78, 5) is 0. The van der Waals surface area contributed by atoms with Crippen LogP contribution in [0.1, 0.15) is 93.7 Å². The van der Waals surface area contributed by atoms with E-state index in [9.17, 15) is 0 Å². The van der Waals surface area contributed by atoms with Crippen LogP contribution < -0.4 is 0 Å². The van der Waals surface area contributed by atoms with Gasteiger partial charge in [-0.3, -0.25) is 0 Å². The quantitative estimate of drug-likeness (QED) is 0.231. The van der Waals surface area contributed by atoms with Crippen molar-refractivity contribution in [2.75, 3.05) is 0 Å². The van der Waals surface area contributed by atoms with Gasteiger partial charge in [0.2, 0.25) is 0 Å². The molecule has 0 spiro atoms. The summed E-state index contributed by atoms with van der Waals surface area (Å²) in [5.41, 5.74) is 3.92. The Hall–Kier alpha value is -2.16. The SMILES string of the molecule is CC(C)(C)O[C@H]1CC(c2ccccc2)=C(B2OC(C)(C)C(C)(C)O2)C(c2ccccc2)=C1B1OC(C)(C)C(C)(C)O1.[CH3-].[CH]1C=CC=C1.[Co]. The molecule has 0 bridgehead atoms. The zero-order valence-corrected chi connectivity index (χ0v) is 32.0. The third kappa shape index (κ3) is 8.40. The van der Waals surface area contributed by atoms with Crippen molar-refractivity contribution >= 4 is 25.4 Å². The fourth-order valence-electron chi connectivity index (χ4n) is 6.03. The van der Waals surface area contributed by atoms with Gasteiger partial charge in [0, 0.05) is 29.6 Å². The van der Waals surface area contributed by atoms with Crippen LogP contribution in [0, 0.1) is 13.8 Å². The van der Waals surface area contributed by atoms with Crippen molar-refractivity contribution in [3.8, 4) is 0 Å². The number of hydrogen-bond acceptors (Lipinski definition) is 5. The summed E-state index contributed by atoms with van der Waals surface area (Å²) in [6.45, 7) is 23.1. The standard InChI is InChI=1S/C34H46B2O5.C5H5.CH3.Co/c1-30(2,3)37-26-22-25(23-18-14-12-15-19-23)28(35-38-31(4,5)32(6,7)39-35)27(24-20-16-13-17-21-24)29(26)36-40-33(8,9)34(10,11)41-36;1-2-4-5-3-1;;/h12-21,26H,22H2,1-11H3;1-5H;1H3;/q;;-1;/t26-;;;/m0.../s1. The van der Waals surface area contributed by atoms with Crippen molar-refractivity contribution in [3.05, 3.63) is 121 Å². The van der Waals surface area contributed by atoms with Crippen LogP contribution in [0.25, 0.3) is 11.1 Å². The summed E-state index contributed by atoms with van der Waals surface area (Å²) < 4.78 is 34.0. The summed E-state index contributed by atoms with van der Waals surface area (Å²) in [7, 11) is -1.18. The van der Waals surface area contributed by atoms with Crippen LogP contribution in [-0.4, -0.2) is 48.3 Å². The topological polar surface area (TPSA) is 46.2 Å². The summed E-state index contributed by atoms with van der Waals surface area (Å²) in [5, 5.41) is 0. The Kier molecular flexibility index (Phi) is 12.6. The van der Waals surface area contributed by atoms with Gasteiger partial charge < -0.3 is 30.8 Å². The maximum absolute atomic E-state index is 6.90. The Bertz CT molecular complexity index is 1480. The fraction of sp³-hybridized carbons (Fsp3) is 0.450. The van der Waals surface area contributed by atoms with E-state index in [1.54, 1.807) is 0 Å². The summed E-state index contributed by atoms with van der Waals surface area (Å²) >= 11 is 0. The molecule has 1 atom stereocenters. The van der Waals surface area contributed by atoms with E-state index in [1.807, 2.05) is 42.9 Å². The molecule has 260 valence electrons. The number of hydrogen-bond donors (Lipinski definition) is 0. The van der Waals surface area contributed by atoms with Gasteiger partial charge >= 0.3 is 14.2 Å². The van der Waals surface area contributed by atoms with E-state index in [0.29, 0.717) is 6.42 Å². The van der Waals surface area contributed by atoms with E-state index < -0.39 is 42.2 Å². The van der Waals surface area contributed by atoms with Gasteiger partial charge in [-0.1, -0.05) is 85.0 Å². The zero-order chi connectivity index (χ0) is 33.5. The predicted molar refractivity (Wildman–Crippen MR) is 197 cm³/mol. The monoisotopic (exact) mass is 695 g/mol. The second kappa shape index (κ2) is 15.0. The molecule has 2 saturated heterocycles. The van der Waals surface area contributed by atoms with Gasteiger partial charge in [-0.15, -0.1) is 0 Å². The number of benzene rings is 2. The van der Waals surface area contributed by atoms with E-state index in [0.717, 1.165) is 33.2 Å². The summed E-state index contributed by atoms with van der Waals surface area (Å²) in [6, 6.07) is 21.0. The molecule has 0 N–H and O–H groups in total. The minimum Gasteiger partial charge on any atom is -0.399 e. The van der Waals surface area contributed by atoms with Crippen LogP contribution in [0.5, 0.6) is 0 Å². The third-order valence-corrected chi connectivity index (χ3v) is 9.85. The molecule has 2 aliphatic heterocycles. The van der Waals surface area contributed by atoms with Crippen LogP contribution in [-0.2, 0) is 40.1 Å². The second-order valence-electron chi connectivity index (χ2n) is 15.5. The van der Waals surface area contributed by atoms with Crippen LogP contribution in [0.2, 0.25) is 0 Å². The van der Waals surface area contributed by atoms with Crippen LogP contribution in [0.15, 0.2) is 95.9 Å². The Morgan fingerprint density at radius 1 is 0.625 bits per heavy atom. The first-order chi connectivity index (χ1) is 21.4. The average molecular weight is 695 g/mol. The van der Waals surface area contributed by atoms with Gasteiger partial charge in [-0.2, -0.15) is 0 Å². The van der Waals surface area contributed by atoms with E-state index in [2.05, 4.69) is 125 Å². The Balaban J connectivity index is 0.000000818. The molecule has 2 aromatic carbocycles. The van der Waals surface area contributed by atoms with Crippen molar-refractivity contribution in [3.63, 3.8) is 0 Å². The molecule has 2 radical (unpaired) electrons. The average Bonchev–Trinajstić information content (AvgIpc) is 3.66. The van der Waals surface area contributed by atoms with Gasteiger partial charge in [0.05, 0.1) is 34.1 Å². The van der Waals surface area contributed by atoms with Crippen LogP contribution >= 0.6 is 0 Å². The molecule has 4 aliphatic rings. The summed E-state index contributed by atoms with van der Waals surface area (Å²) in [6.07, 6.45) is 10.3. The molecule has 5 nitrogen and oxygen atoms in total. The van der Waals surface area contributed by atoms with Gasteiger partial charge in [-0.25, -0.2) is 0 Å². The second-order valence-corrected chi connectivity index (χ2v) is 15.5. The maximum Gasteiger partial charge on any atom is 0.495 e. The number of allylic oxidation sites excluding steroid dienone is 6. The Morgan fingerprint density at radius 2 is 1.04 bits per heavy atom. The minimum absolute atomic E-state index is 0. The third-order valence-electron chi connectivity index (χ3n) is 9.85. The molecule has 0 aromatic heterocycles. The van der Waals surface area contributed by atoms with Crippen molar-refractivity contribution < 1.29 is 40.1 Å². The number of rotatable bonds is 5. The molecule has 2 aliphatic carbocycles. The molecule has 0 unspecified atom stereocenters.